The van der Waals surface area contributed by atoms with Crippen molar-refractivity contribution in [1.82, 2.24) is 4.90 Å². The van der Waals surface area contributed by atoms with E-state index in [0.717, 1.165) is 0 Å². The van der Waals surface area contributed by atoms with Gasteiger partial charge >= 0.3 is 35.1 Å². The maximum absolute atomic E-state index is 14.0. The summed E-state index contributed by atoms with van der Waals surface area (Å²) in [6.07, 6.45) is 0. The SMILES string of the molecule is CCOC(=O)C1(C(=O)OCC)OC2(c3ccccc3)N(C)C1(c1ccccc1)OC2(C(=O)OCC)C(=O)OCC. The summed E-state index contributed by atoms with van der Waals surface area (Å²) in [4.78, 5) is 57.3. The Morgan fingerprint density at radius 1 is 0.575 bits per heavy atom. The van der Waals surface area contributed by atoms with E-state index in [0.29, 0.717) is 0 Å². The molecule has 2 fully saturated rings. The molecule has 0 radical (unpaired) electrons. The second-order valence-electron chi connectivity index (χ2n) is 9.03. The highest BCUT2D eigenvalue weighted by Gasteiger charge is 2.93. The quantitative estimate of drug-likeness (QED) is 0.244. The molecule has 2 heterocycles. The van der Waals surface area contributed by atoms with E-state index < -0.39 is 46.5 Å². The van der Waals surface area contributed by atoms with Crippen molar-refractivity contribution < 1.29 is 47.6 Å². The summed E-state index contributed by atoms with van der Waals surface area (Å²) in [6, 6.07) is 16.4. The fourth-order valence-corrected chi connectivity index (χ4v) is 5.61. The molecule has 0 amide bonds. The van der Waals surface area contributed by atoms with E-state index in [1.807, 2.05) is 0 Å². The van der Waals surface area contributed by atoms with Gasteiger partial charge in [0.1, 0.15) is 0 Å². The molecule has 2 bridgehead atoms. The second-order valence-corrected chi connectivity index (χ2v) is 9.03. The summed E-state index contributed by atoms with van der Waals surface area (Å²) in [5.74, 6) is -4.49. The molecule has 4 rings (SSSR count). The lowest BCUT2D eigenvalue weighted by atomic mass is 9.82. The van der Waals surface area contributed by atoms with E-state index in [1.165, 1.54) is 11.9 Å². The molecule has 11 heteroatoms. The van der Waals surface area contributed by atoms with Crippen LogP contribution in [0.4, 0.5) is 0 Å². The van der Waals surface area contributed by atoms with Crippen molar-refractivity contribution in [1.29, 1.82) is 0 Å². The van der Waals surface area contributed by atoms with Gasteiger partial charge in [-0.1, -0.05) is 60.7 Å². The summed E-state index contributed by atoms with van der Waals surface area (Å²) in [5.41, 5.74) is -9.38. The van der Waals surface area contributed by atoms with E-state index >= 15 is 0 Å². The number of carbonyl (C=O) groups excluding carboxylic acids is 4. The molecule has 2 aliphatic rings. The molecule has 214 valence electrons. The van der Waals surface area contributed by atoms with Gasteiger partial charge in [-0.25, -0.2) is 24.1 Å². The summed E-state index contributed by atoms with van der Waals surface area (Å²) >= 11 is 0. The summed E-state index contributed by atoms with van der Waals surface area (Å²) in [5, 5.41) is 0. The predicted molar refractivity (Wildman–Crippen MR) is 138 cm³/mol. The first kappa shape index (κ1) is 29.2. The summed E-state index contributed by atoms with van der Waals surface area (Å²) in [6.45, 7) is 5.81. The number of hydrogen-bond acceptors (Lipinski definition) is 11. The molecule has 2 unspecified atom stereocenters. The van der Waals surface area contributed by atoms with Gasteiger partial charge in [-0.05, 0) is 34.7 Å². The maximum atomic E-state index is 14.0. The van der Waals surface area contributed by atoms with Crippen LogP contribution < -0.4 is 0 Å². The highest BCUT2D eigenvalue weighted by molar-refractivity contribution is 6.10. The number of carbonyl (C=O) groups is 4. The largest absolute Gasteiger partial charge is 0.463 e. The Bertz CT molecular complexity index is 1130. The fourth-order valence-electron chi connectivity index (χ4n) is 5.61. The monoisotopic (exact) mass is 555 g/mol. The number of likely N-dealkylation sites (N-methyl/N-ethyl adjacent to an activating group) is 1. The lowest BCUT2D eigenvalue weighted by molar-refractivity contribution is -0.305. The van der Waals surface area contributed by atoms with Gasteiger partial charge in [-0.3, -0.25) is 0 Å². The topological polar surface area (TPSA) is 127 Å². The molecule has 0 N–H and O–H groups in total. The molecule has 2 atom stereocenters. The maximum Gasteiger partial charge on any atom is 0.355 e. The average molecular weight is 556 g/mol. The lowest BCUT2D eigenvalue weighted by Gasteiger charge is -2.47. The van der Waals surface area contributed by atoms with Crippen LogP contribution in [0.25, 0.3) is 0 Å². The van der Waals surface area contributed by atoms with E-state index in [4.69, 9.17) is 28.4 Å². The Kier molecular flexibility index (Phi) is 8.02. The zero-order valence-electron chi connectivity index (χ0n) is 23.1. The second kappa shape index (κ2) is 11.0. The standard InChI is InChI=1S/C29H33NO10/c1-6-35-22(31)26(23(32)36-7-2)28(20-16-12-10-13-17-20)30(5)29(39-26,21-18-14-11-15-19-21)27(40-28,24(33)37-8-3)25(34)38-9-4/h10-19H,6-9H2,1-5H3. The van der Waals surface area contributed by atoms with Crippen molar-refractivity contribution in [3.05, 3.63) is 71.8 Å². The summed E-state index contributed by atoms with van der Waals surface area (Å²) < 4.78 is 34.9. The molecule has 11 nitrogen and oxygen atoms in total. The van der Waals surface area contributed by atoms with Gasteiger partial charge in [0.05, 0.1) is 26.4 Å². The first-order valence-electron chi connectivity index (χ1n) is 13.1. The van der Waals surface area contributed by atoms with Crippen LogP contribution in [0.5, 0.6) is 0 Å². The highest BCUT2D eigenvalue weighted by Crippen LogP contribution is 2.69. The molecule has 2 aromatic rings. The Balaban J connectivity index is 2.21. The van der Waals surface area contributed by atoms with Crippen molar-refractivity contribution in [3.63, 3.8) is 0 Å². The molecule has 40 heavy (non-hydrogen) atoms. The third-order valence-corrected chi connectivity index (χ3v) is 7.08. The number of hydrogen-bond donors (Lipinski definition) is 0. The van der Waals surface area contributed by atoms with Crippen molar-refractivity contribution in [2.75, 3.05) is 33.5 Å². The molecule has 2 aliphatic heterocycles. The Morgan fingerprint density at radius 2 is 0.850 bits per heavy atom. The van der Waals surface area contributed by atoms with E-state index in [9.17, 15) is 19.2 Å². The van der Waals surface area contributed by atoms with Crippen LogP contribution in [0, 0.1) is 0 Å². The number of fused-ring (bicyclic) bond motifs is 2. The minimum Gasteiger partial charge on any atom is -0.463 e. The fraction of sp³-hybridized carbons (Fsp3) is 0.448. The van der Waals surface area contributed by atoms with Crippen molar-refractivity contribution in [3.8, 4) is 0 Å². The Morgan fingerprint density at radius 3 is 1.10 bits per heavy atom. The molecular weight excluding hydrogens is 522 g/mol. The minimum atomic E-state index is -2.65. The van der Waals surface area contributed by atoms with E-state index in [-0.39, 0.29) is 37.6 Å². The number of esters is 4. The van der Waals surface area contributed by atoms with Gasteiger partial charge < -0.3 is 28.4 Å². The first-order chi connectivity index (χ1) is 19.2. The number of nitrogens with zero attached hydrogens (tertiary/aromatic N) is 1. The third-order valence-electron chi connectivity index (χ3n) is 7.08. The zero-order chi connectivity index (χ0) is 29.2. The van der Waals surface area contributed by atoms with Crippen LogP contribution in [0.15, 0.2) is 60.7 Å². The van der Waals surface area contributed by atoms with Gasteiger partial charge in [-0.15, -0.1) is 0 Å². The average Bonchev–Trinajstić information content (AvgIpc) is 3.35. The van der Waals surface area contributed by atoms with Crippen molar-refractivity contribution in [2.24, 2.45) is 0 Å². The minimum absolute atomic E-state index is 0.114. The Labute approximate surface area is 232 Å². The van der Waals surface area contributed by atoms with Crippen LogP contribution in [-0.2, 0) is 59.0 Å². The molecule has 2 saturated heterocycles. The molecule has 0 aromatic heterocycles. The zero-order valence-corrected chi connectivity index (χ0v) is 23.1. The van der Waals surface area contributed by atoms with E-state index in [1.54, 1.807) is 88.4 Å². The first-order valence-corrected chi connectivity index (χ1v) is 13.1. The number of rotatable bonds is 10. The van der Waals surface area contributed by atoms with Crippen LogP contribution in [0.3, 0.4) is 0 Å². The van der Waals surface area contributed by atoms with Crippen molar-refractivity contribution >= 4 is 23.9 Å². The number of benzene rings is 2. The molecule has 0 spiro atoms. The van der Waals surface area contributed by atoms with Crippen LogP contribution in [0.2, 0.25) is 0 Å². The smallest absolute Gasteiger partial charge is 0.355 e. The normalized spacial score (nSPS) is 24.2. The van der Waals surface area contributed by atoms with Crippen LogP contribution in [-0.4, -0.2) is 73.5 Å². The lowest BCUT2D eigenvalue weighted by Crippen LogP contribution is -2.73. The van der Waals surface area contributed by atoms with Gasteiger partial charge in [0, 0.05) is 11.1 Å². The third kappa shape index (κ3) is 3.61. The molecule has 2 aromatic carbocycles. The van der Waals surface area contributed by atoms with Gasteiger partial charge in [0.2, 0.25) is 11.4 Å². The van der Waals surface area contributed by atoms with E-state index in [2.05, 4.69) is 0 Å². The van der Waals surface area contributed by atoms with Gasteiger partial charge in [0.15, 0.2) is 0 Å². The van der Waals surface area contributed by atoms with Crippen LogP contribution >= 0.6 is 0 Å². The number of ether oxygens (including phenoxy) is 6. The predicted octanol–water partition coefficient (Wildman–Crippen LogP) is 2.41. The molecule has 0 saturated carbocycles. The van der Waals surface area contributed by atoms with Gasteiger partial charge in [-0.2, -0.15) is 0 Å². The van der Waals surface area contributed by atoms with Crippen LogP contribution in [0.1, 0.15) is 38.8 Å². The Hall–Kier alpha value is -3.80. The highest BCUT2D eigenvalue weighted by atomic mass is 16.7. The molecular formula is C29H33NO10. The van der Waals surface area contributed by atoms with Crippen molar-refractivity contribution in [2.45, 2.75) is 50.3 Å². The van der Waals surface area contributed by atoms with Gasteiger partial charge in [0.25, 0.3) is 0 Å². The molecule has 0 aliphatic carbocycles. The summed E-state index contributed by atoms with van der Waals surface area (Å²) in [7, 11) is 1.49.